The largest absolute Gasteiger partial charge is 0.508 e. The number of rotatable bonds is 16. The molecule has 0 spiro atoms. The zero-order valence-electron chi connectivity index (χ0n) is 24.1. The fourth-order valence-corrected chi connectivity index (χ4v) is 5.90. The molecule has 41 heavy (non-hydrogen) atoms. The lowest BCUT2D eigenvalue weighted by molar-refractivity contribution is -0.127. The molecule has 1 saturated heterocycles. The van der Waals surface area contributed by atoms with E-state index in [9.17, 15) is 19.8 Å². The van der Waals surface area contributed by atoms with Crippen LogP contribution in [0.5, 0.6) is 11.5 Å². The van der Waals surface area contributed by atoms with Gasteiger partial charge in [-0.15, -0.1) is 0 Å². The van der Waals surface area contributed by atoms with Gasteiger partial charge in [-0.25, -0.2) is 0 Å². The Labute approximate surface area is 244 Å². The first kappa shape index (κ1) is 30.5. The summed E-state index contributed by atoms with van der Waals surface area (Å²) in [4.78, 5) is 28.9. The van der Waals surface area contributed by atoms with E-state index < -0.39 is 6.10 Å². The van der Waals surface area contributed by atoms with Crippen LogP contribution in [0.2, 0.25) is 0 Å². The number of unbranched alkanes of at least 4 members (excludes halogenated alkanes) is 1. The molecule has 3 atom stereocenters. The Morgan fingerprint density at radius 3 is 2.20 bits per heavy atom. The molecule has 6 nitrogen and oxygen atoms in total. The summed E-state index contributed by atoms with van der Waals surface area (Å²) < 4.78 is 5.17. The molecular weight excluding hydrogens is 514 g/mol. The first-order valence-electron chi connectivity index (χ1n) is 14.9. The molecule has 0 bridgehead atoms. The van der Waals surface area contributed by atoms with E-state index in [1.165, 1.54) is 5.56 Å². The summed E-state index contributed by atoms with van der Waals surface area (Å²) in [5.41, 5.74) is 2.55. The van der Waals surface area contributed by atoms with Crippen molar-refractivity contribution < 1.29 is 24.5 Å². The number of Topliss-reactive ketones (excluding diaryl/α,β-unsaturated/α-hetero) is 2. The predicted molar refractivity (Wildman–Crippen MR) is 161 cm³/mol. The number of carbonyl (C=O) groups excluding carboxylic acids is 2. The Morgan fingerprint density at radius 1 is 0.878 bits per heavy atom. The lowest BCUT2D eigenvalue weighted by Gasteiger charge is -2.34. The normalized spacial score (nSPS) is 15.8. The third kappa shape index (κ3) is 9.00. The van der Waals surface area contributed by atoms with Crippen LogP contribution in [0.3, 0.4) is 0 Å². The number of aromatic hydroxyl groups is 1. The molecule has 6 heteroatoms. The number of carbonyl (C=O) groups is 2. The second kappa shape index (κ2) is 15.5. The van der Waals surface area contributed by atoms with Crippen molar-refractivity contribution in [3.8, 4) is 11.5 Å². The number of benzene rings is 3. The van der Waals surface area contributed by atoms with Gasteiger partial charge >= 0.3 is 0 Å². The van der Waals surface area contributed by atoms with E-state index >= 15 is 0 Å². The highest BCUT2D eigenvalue weighted by Gasteiger charge is 2.35. The number of phenols is 1. The van der Waals surface area contributed by atoms with Gasteiger partial charge in [-0.05, 0) is 99.1 Å². The van der Waals surface area contributed by atoms with Gasteiger partial charge in [0.25, 0.3) is 0 Å². The van der Waals surface area contributed by atoms with Crippen LogP contribution in [0.4, 0.5) is 0 Å². The van der Waals surface area contributed by atoms with E-state index in [2.05, 4.69) is 17.0 Å². The van der Waals surface area contributed by atoms with E-state index in [1.54, 1.807) is 55.6 Å². The molecular formula is C35H43NO5. The first-order valence-corrected chi connectivity index (χ1v) is 14.9. The molecule has 1 aliphatic rings. The average Bonchev–Trinajstić information content (AvgIpc) is 3.52. The summed E-state index contributed by atoms with van der Waals surface area (Å²) in [5, 5.41) is 21.4. The van der Waals surface area contributed by atoms with E-state index in [4.69, 9.17) is 4.74 Å². The van der Waals surface area contributed by atoms with Crippen molar-refractivity contribution in [3.63, 3.8) is 0 Å². The van der Waals surface area contributed by atoms with Gasteiger partial charge in [0, 0.05) is 36.8 Å². The van der Waals surface area contributed by atoms with Gasteiger partial charge in [-0.1, -0.05) is 42.5 Å². The van der Waals surface area contributed by atoms with Crippen LogP contribution >= 0.6 is 0 Å². The van der Waals surface area contributed by atoms with Gasteiger partial charge < -0.3 is 19.8 Å². The quantitative estimate of drug-likeness (QED) is 0.156. The number of aryl methyl sites for hydroxylation is 1. The lowest BCUT2D eigenvalue weighted by atomic mass is 9.77. The molecule has 4 rings (SSSR count). The highest BCUT2D eigenvalue weighted by molar-refractivity contribution is 5.96. The van der Waals surface area contributed by atoms with E-state index in [1.807, 2.05) is 18.2 Å². The smallest absolute Gasteiger partial charge is 0.162 e. The van der Waals surface area contributed by atoms with Gasteiger partial charge in [-0.2, -0.15) is 0 Å². The summed E-state index contributed by atoms with van der Waals surface area (Å²) in [6.45, 7) is 2.61. The van der Waals surface area contributed by atoms with Crippen molar-refractivity contribution in [2.24, 2.45) is 11.8 Å². The monoisotopic (exact) mass is 557 g/mol. The number of phenolic OH excluding ortho intramolecular Hbond substituents is 1. The Balaban J connectivity index is 1.46. The number of aliphatic hydroxyl groups excluding tert-OH is 1. The molecule has 2 N–H and O–H groups in total. The number of hydrogen-bond acceptors (Lipinski definition) is 6. The van der Waals surface area contributed by atoms with Crippen molar-refractivity contribution >= 4 is 11.6 Å². The van der Waals surface area contributed by atoms with E-state index in [-0.39, 0.29) is 29.2 Å². The third-order valence-corrected chi connectivity index (χ3v) is 8.31. The molecule has 1 fully saturated rings. The maximum atomic E-state index is 13.9. The predicted octanol–water partition coefficient (Wildman–Crippen LogP) is 6.41. The van der Waals surface area contributed by atoms with Crippen molar-refractivity contribution in [2.75, 3.05) is 26.7 Å². The van der Waals surface area contributed by atoms with Crippen LogP contribution in [0, 0.1) is 11.8 Å². The molecule has 1 aliphatic heterocycles. The van der Waals surface area contributed by atoms with E-state index in [0.29, 0.717) is 50.0 Å². The number of likely N-dealkylation sites (tertiary alicyclic amines) is 1. The number of nitrogens with zero attached hydrogens (tertiary/aromatic N) is 1. The summed E-state index contributed by atoms with van der Waals surface area (Å²) in [7, 11) is 1.60. The van der Waals surface area contributed by atoms with Crippen LogP contribution in [-0.4, -0.2) is 53.4 Å². The minimum Gasteiger partial charge on any atom is -0.508 e. The SMILES string of the molecule is COc1ccc(C(=O)CCCCC(=O)C(CCc2ccccc2)[C@H](CN2CCCC2)[C@H](O)c2ccc(O)cc2)cc1. The highest BCUT2D eigenvalue weighted by atomic mass is 16.5. The Morgan fingerprint density at radius 2 is 1.54 bits per heavy atom. The van der Waals surface area contributed by atoms with Crippen LogP contribution in [-0.2, 0) is 11.2 Å². The van der Waals surface area contributed by atoms with Crippen molar-refractivity contribution in [2.45, 2.75) is 57.5 Å². The fourth-order valence-electron chi connectivity index (χ4n) is 5.90. The van der Waals surface area contributed by atoms with Crippen molar-refractivity contribution in [3.05, 3.63) is 95.6 Å². The second-order valence-electron chi connectivity index (χ2n) is 11.2. The standard InChI is InChI=1S/C35H43NO5/c1-41-30-20-16-27(17-21-30)33(38)11-5-6-12-34(39)31(22-13-26-9-3-2-4-10-26)32(25-36-23-7-8-24-36)35(40)28-14-18-29(37)19-15-28/h2-4,9-10,14-21,31-32,35,37,40H,5-8,11-13,22-25H2,1H3/t31?,32-,35+/m0/s1. The maximum Gasteiger partial charge on any atom is 0.162 e. The molecule has 0 saturated carbocycles. The Hall–Kier alpha value is -3.48. The number of hydrogen-bond donors (Lipinski definition) is 2. The molecule has 0 aromatic heterocycles. The zero-order chi connectivity index (χ0) is 29.0. The molecule has 3 aromatic rings. The topological polar surface area (TPSA) is 87.1 Å². The summed E-state index contributed by atoms with van der Waals surface area (Å²) >= 11 is 0. The summed E-state index contributed by atoms with van der Waals surface area (Å²) in [6, 6.07) is 24.0. The van der Waals surface area contributed by atoms with E-state index in [0.717, 1.165) is 37.9 Å². The van der Waals surface area contributed by atoms with Crippen LogP contribution in [0.15, 0.2) is 78.9 Å². The number of aliphatic hydroxyl groups is 1. The minimum atomic E-state index is -0.822. The first-order chi connectivity index (χ1) is 19.9. The molecule has 0 radical (unpaired) electrons. The second-order valence-corrected chi connectivity index (χ2v) is 11.2. The van der Waals surface area contributed by atoms with Gasteiger partial charge in [0.05, 0.1) is 13.2 Å². The number of ether oxygens (including phenoxy) is 1. The van der Waals surface area contributed by atoms with Crippen molar-refractivity contribution in [1.29, 1.82) is 0 Å². The van der Waals surface area contributed by atoms with Gasteiger partial charge in [0.15, 0.2) is 5.78 Å². The number of ketones is 2. The molecule has 0 amide bonds. The fraction of sp³-hybridized carbons (Fsp3) is 0.429. The molecule has 218 valence electrons. The molecule has 0 aliphatic carbocycles. The van der Waals surface area contributed by atoms with Gasteiger partial charge in [0.1, 0.15) is 17.3 Å². The van der Waals surface area contributed by atoms with Crippen LogP contribution in [0.25, 0.3) is 0 Å². The van der Waals surface area contributed by atoms with Crippen LogP contribution in [0.1, 0.15) is 72.5 Å². The van der Waals surface area contributed by atoms with Gasteiger partial charge in [-0.3, -0.25) is 9.59 Å². The van der Waals surface area contributed by atoms with Crippen LogP contribution < -0.4 is 4.74 Å². The lowest BCUT2D eigenvalue weighted by Crippen LogP contribution is -2.38. The van der Waals surface area contributed by atoms with Gasteiger partial charge in [0.2, 0.25) is 0 Å². The zero-order valence-corrected chi connectivity index (χ0v) is 24.1. The maximum absolute atomic E-state index is 13.9. The molecule has 3 aromatic carbocycles. The minimum absolute atomic E-state index is 0.0652. The summed E-state index contributed by atoms with van der Waals surface area (Å²) in [6.07, 6.45) is 4.90. The molecule has 1 unspecified atom stereocenters. The third-order valence-electron chi connectivity index (χ3n) is 8.31. The highest BCUT2D eigenvalue weighted by Crippen LogP contribution is 2.35. The Kier molecular flexibility index (Phi) is 11.5. The average molecular weight is 558 g/mol. The Bertz CT molecular complexity index is 1220. The number of methoxy groups -OCH3 is 1. The van der Waals surface area contributed by atoms with Crippen molar-refractivity contribution in [1.82, 2.24) is 4.90 Å². The molecule has 1 heterocycles. The summed E-state index contributed by atoms with van der Waals surface area (Å²) in [5.74, 6) is 0.492.